The van der Waals surface area contributed by atoms with Crippen molar-refractivity contribution >= 4 is 28.9 Å². The first-order valence-corrected chi connectivity index (χ1v) is 10.3. The third-order valence-electron chi connectivity index (χ3n) is 5.47. The van der Waals surface area contributed by atoms with Crippen LogP contribution in [0, 0.1) is 5.92 Å². The van der Waals surface area contributed by atoms with Crippen molar-refractivity contribution in [2.75, 3.05) is 18.1 Å². The average Bonchev–Trinajstić information content (AvgIpc) is 3.07. The van der Waals surface area contributed by atoms with Gasteiger partial charge in [0, 0.05) is 19.0 Å². The Morgan fingerprint density at radius 2 is 1.71 bits per heavy atom. The zero-order valence-electron chi connectivity index (χ0n) is 16.0. The van der Waals surface area contributed by atoms with Gasteiger partial charge in [-0.3, -0.25) is 15.2 Å². The number of hydrazone groups is 1. The van der Waals surface area contributed by atoms with E-state index in [4.69, 9.17) is 16.7 Å². The van der Waals surface area contributed by atoms with Gasteiger partial charge in [-0.1, -0.05) is 67.4 Å². The predicted octanol–water partition coefficient (Wildman–Crippen LogP) is 4.41. The van der Waals surface area contributed by atoms with E-state index in [0.29, 0.717) is 10.7 Å². The molecule has 1 N–H and O–H groups in total. The molecule has 0 aliphatic carbocycles. The minimum Gasteiger partial charge on any atom is -0.284 e. The molecular formula is C22H25ClN4O. The fourth-order valence-electron chi connectivity index (χ4n) is 4.01. The molecule has 1 amide bonds. The number of carbonyl (C=O) groups is 1. The lowest BCUT2D eigenvalue weighted by Gasteiger charge is -2.28. The number of nitrogens with one attached hydrogen (secondary N) is 1. The molecule has 0 spiro atoms. The largest absolute Gasteiger partial charge is 0.284 e. The van der Waals surface area contributed by atoms with E-state index < -0.39 is 0 Å². The van der Waals surface area contributed by atoms with Gasteiger partial charge in [-0.05, 0) is 30.5 Å². The summed E-state index contributed by atoms with van der Waals surface area (Å²) in [6.45, 7) is 3.84. The molecule has 6 heteroatoms. The molecule has 2 unspecified atom stereocenters. The van der Waals surface area contributed by atoms with Crippen LogP contribution < -0.4 is 10.4 Å². The van der Waals surface area contributed by atoms with Gasteiger partial charge >= 0.3 is 0 Å². The second-order valence-electron chi connectivity index (χ2n) is 7.41. The maximum absolute atomic E-state index is 13.0. The minimum absolute atomic E-state index is 0.0662. The van der Waals surface area contributed by atoms with Gasteiger partial charge in [0.2, 0.25) is 0 Å². The lowest BCUT2D eigenvalue weighted by molar-refractivity contribution is -0.120. The monoisotopic (exact) mass is 396 g/mol. The molecule has 1 saturated heterocycles. The van der Waals surface area contributed by atoms with Crippen LogP contribution in [0.2, 0.25) is 5.02 Å². The van der Waals surface area contributed by atoms with Crippen molar-refractivity contribution in [2.24, 2.45) is 11.0 Å². The molecule has 1 fully saturated rings. The summed E-state index contributed by atoms with van der Waals surface area (Å²) in [6, 6.07) is 17.7. The van der Waals surface area contributed by atoms with Gasteiger partial charge in [-0.2, -0.15) is 5.10 Å². The van der Waals surface area contributed by atoms with E-state index in [1.54, 1.807) is 0 Å². The van der Waals surface area contributed by atoms with Crippen LogP contribution in [0.15, 0.2) is 59.7 Å². The van der Waals surface area contributed by atoms with Crippen LogP contribution in [0.5, 0.6) is 0 Å². The molecule has 0 bridgehead atoms. The molecule has 2 aliphatic rings. The Morgan fingerprint density at radius 1 is 1.04 bits per heavy atom. The van der Waals surface area contributed by atoms with E-state index in [-0.39, 0.29) is 17.9 Å². The van der Waals surface area contributed by atoms with Crippen LogP contribution in [-0.4, -0.2) is 29.7 Å². The SMILES string of the molecule is CC1C(C(=O)NN2CCCCC2)=NN(c2ccccc2Cl)C1c1ccccc1. The molecular weight excluding hydrogens is 372 g/mol. The third kappa shape index (κ3) is 3.77. The van der Waals surface area contributed by atoms with Crippen molar-refractivity contribution < 1.29 is 4.79 Å². The van der Waals surface area contributed by atoms with Crippen molar-refractivity contribution in [2.45, 2.75) is 32.2 Å². The molecule has 146 valence electrons. The molecule has 0 aromatic heterocycles. The summed E-state index contributed by atoms with van der Waals surface area (Å²) in [6.07, 6.45) is 3.45. The molecule has 2 atom stereocenters. The number of amides is 1. The van der Waals surface area contributed by atoms with E-state index in [1.807, 2.05) is 52.5 Å². The maximum atomic E-state index is 13.0. The van der Waals surface area contributed by atoms with Gasteiger partial charge in [-0.25, -0.2) is 5.01 Å². The zero-order chi connectivity index (χ0) is 19.5. The van der Waals surface area contributed by atoms with Gasteiger partial charge in [0.25, 0.3) is 5.91 Å². The first-order valence-electron chi connectivity index (χ1n) is 9.88. The molecule has 0 saturated carbocycles. The lowest BCUT2D eigenvalue weighted by atomic mass is 9.91. The summed E-state index contributed by atoms with van der Waals surface area (Å²) in [7, 11) is 0. The van der Waals surface area contributed by atoms with Crippen molar-refractivity contribution in [3.05, 3.63) is 65.2 Å². The number of carbonyl (C=O) groups excluding carboxylic acids is 1. The smallest absolute Gasteiger partial charge is 0.282 e. The number of para-hydroxylation sites is 1. The zero-order valence-corrected chi connectivity index (χ0v) is 16.8. The van der Waals surface area contributed by atoms with Crippen molar-refractivity contribution in [1.82, 2.24) is 10.4 Å². The highest BCUT2D eigenvalue weighted by Crippen LogP contribution is 2.41. The van der Waals surface area contributed by atoms with E-state index in [0.717, 1.165) is 37.2 Å². The summed E-state index contributed by atoms with van der Waals surface area (Å²) >= 11 is 6.47. The minimum atomic E-state index is -0.120. The number of piperidine rings is 1. The fraction of sp³-hybridized carbons (Fsp3) is 0.364. The molecule has 2 aliphatic heterocycles. The summed E-state index contributed by atoms with van der Waals surface area (Å²) in [5.41, 5.74) is 5.52. The Hall–Kier alpha value is -2.37. The Bertz CT molecular complexity index is 864. The van der Waals surface area contributed by atoms with Gasteiger partial charge in [-0.15, -0.1) is 0 Å². The highest BCUT2D eigenvalue weighted by atomic mass is 35.5. The number of halogens is 1. The molecule has 2 aromatic carbocycles. The van der Waals surface area contributed by atoms with Gasteiger partial charge in [0.1, 0.15) is 5.71 Å². The highest BCUT2D eigenvalue weighted by molar-refractivity contribution is 6.40. The van der Waals surface area contributed by atoms with E-state index in [9.17, 15) is 4.79 Å². The van der Waals surface area contributed by atoms with Crippen LogP contribution >= 0.6 is 11.6 Å². The topological polar surface area (TPSA) is 47.9 Å². The molecule has 2 heterocycles. The van der Waals surface area contributed by atoms with Crippen molar-refractivity contribution in [3.63, 3.8) is 0 Å². The lowest BCUT2D eigenvalue weighted by Crippen LogP contribution is -2.48. The Balaban J connectivity index is 1.66. The van der Waals surface area contributed by atoms with E-state index in [1.165, 1.54) is 6.42 Å². The van der Waals surface area contributed by atoms with Crippen LogP contribution in [0.3, 0.4) is 0 Å². The number of hydrogen-bond acceptors (Lipinski definition) is 4. The standard InChI is InChI=1S/C22H25ClN4O/c1-16-20(22(28)25-26-14-8-3-9-15-26)24-27(19-13-7-6-12-18(19)23)21(16)17-10-4-2-5-11-17/h2,4-7,10-13,16,21H,3,8-9,14-15H2,1H3,(H,25,28). The maximum Gasteiger partial charge on any atom is 0.282 e. The van der Waals surface area contributed by atoms with Crippen molar-refractivity contribution in [1.29, 1.82) is 0 Å². The summed E-state index contributed by atoms with van der Waals surface area (Å²) in [5, 5.41) is 9.28. The first kappa shape index (κ1) is 19.0. The number of hydrogen-bond donors (Lipinski definition) is 1. The number of benzene rings is 2. The van der Waals surface area contributed by atoms with Crippen LogP contribution in [0.25, 0.3) is 0 Å². The normalized spacial score (nSPS) is 22.8. The summed E-state index contributed by atoms with van der Waals surface area (Å²) < 4.78 is 0. The van der Waals surface area contributed by atoms with Crippen LogP contribution in [-0.2, 0) is 4.79 Å². The Labute approximate surface area is 170 Å². The van der Waals surface area contributed by atoms with Gasteiger partial charge in [0.05, 0.1) is 16.8 Å². The number of nitrogens with zero attached hydrogens (tertiary/aromatic N) is 3. The summed E-state index contributed by atoms with van der Waals surface area (Å²) in [4.78, 5) is 13.0. The van der Waals surface area contributed by atoms with Crippen LogP contribution in [0.4, 0.5) is 5.69 Å². The molecule has 4 rings (SSSR count). The molecule has 5 nitrogen and oxygen atoms in total. The second-order valence-corrected chi connectivity index (χ2v) is 7.82. The molecule has 0 radical (unpaired) electrons. The highest BCUT2D eigenvalue weighted by Gasteiger charge is 2.40. The van der Waals surface area contributed by atoms with E-state index in [2.05, 4.69) is 24.5 Å². The summed E-state index contributed by atoms with van der Waals surface area (Å²) in [5.74, 6) is -0.187. The van der Waals surface area contributed by atoms with Gasteiger partial charge < -0.3 is 0 Å². The molecule has 2 aromatic rings. The first-order chi connectivity index (χ1) is 13.6. The third-order valence-corrected chi connectivity index (χ3v) is 5.79. The van der Waals surface area contributed by atoms with Crippen LogP contribution in [0.1, 0.15) is 37.8 Å². The molecule has 28 heavy (non-hydrogen) atoms. The fourth-order valence-corrected chi connectivity index (χ4v) is 4.23. The van der Waals surface area contributed by atoms with Crippen molar-refractivity contribution in [3.8, 4) is 0 Å². The predicted molar refractivity (Wildman–Crippen MR) is 113 cm³/mol. The Kier molecular flexibility index (Phi) is 5.64. The number of rotatable bonds is 4. The quantitative estimate of drug-likeness (QED) is 0.832. The number of anilines is 1. The average molecular weight is 397 g/mol. The van der Waals surface area contributed by atoms with Gasteiger partial charge in [0.15, 0.2) is 0 Å². The Morgan fingerprint density at radius 3 is 2.43 bits per heavy atom. The number of hydrazine groups is 1. The second kappa shape index (κ2) is 8.33. The van der Waals surface area contributed by atoms with E-state index >= 15 is 0 Å².